The Morgan fingerprint density at radius 3 is 2.80 bits per heavy atom. The third-order valence-corrected chi connectivity index (χ3v) is 1.85. The molecule has 6 nitrogen and oxygen atoms in total. The Kier molecular flexibility index (Phi) is 4.49. The fraction of sp³-hybridized carbons (Fsp3) is 0.444. The van der Waals surface area contributed by atoms with Crippen molar-refractivity contribution in [3.8, 4) is 0 Å². The molecule has 0 unspecified atom stereocenters. The van der Waals surface area contributed by atoms with Gasteiger partial charge in [-0.3, -0.25) is 0 Å². The van der Waals surface area contributed by atoms with Gasteiger partial charge in [-0.15, -0.1) is 0 Å². The van der Waals surface area contributed by atoms with Gasteiger partial charge in [0.15, 0.2) is 6.20 Å². The summed E-state index contributed by atoms with van der Waals surface area (Å²) in [5, 5.41) is 21.9. The molecule has 82 valence electrons. The van der Waals surface area contributed by atoms with Crippen molar-refractivity contribution in [2.75, 3.05) is 18.5 Å². The maximum atomic E-state index is 10.3. The smallest absolute Gasteiger partial charge is 0.363 e. The Balaban J connectivity index is 2.39. The molecule has 2 N–H and O–H groups in total. The van der Waals surface area contributed by atoms with E-state index in [2.05, 4.69) is 10.3 Å². The van der Waals surface area contributed by atoms with E-state index in [1.165, 1.54) is 12.3 Å². The summed E-state index contributed by atoms with van der Waals surface area (Å²) >= 11 is 0. The van der Waals surface area contributed by atoms with Crippen molar-refractivity contribution >= 4 is 11.5 Å². The van der Waals surface area contributed by atoms with Gasteiger partial charge in [-0.25, -0.2) is 0 Å². The standard InChI is InChI=1S/C9H13N3O3/c13-6-2-1-5-10-8-3-4-9(11-7-8)12(14)15/h3-4,7,10,13H,1-2,5-6H2. The van der Waals surface area contributed by atoms with E-state index in [-0.39, 0.29) is 12.4 Å². The number of unbranched alkanes of at least 4 members (excludes halogenated alkanes) is 1. The van der Waals surface area contributed by atoms with E-state index in [4.69, 9.17) is 5.11 Å². The number of nitro groups is 1. The van der Waals surface area contributed by atoms with Crippen LogP contribution in [0.4, 0.5) is 11.5 Å². The molecule has 0 bridgehead atoms. The average Bonchev–Trinajstić information content (AvgIpc) is 2.25. The molecule has 0 atom stereocenters. The predicted molar refractivity (Wildman–Crippen MR) is 55.7 cm³/mol. The molecule has 0 aromatic carbocycles. The number of anilines is 1. The van der Waals surface area contributed by atoms with Crippen LogP contribution < -0.4 is 5.32 Å². The van der Waals surface area contributed by atoms with Gasteiger partial charge in [-0.05, 0) is 28.8 Å². The predicted octanol–water partition coefficient (Wildman–Crippen LogP) is 1.17. The maximum Gasteiger partial charge on any atom is 0.363 e. The largest absolute Gasteiger partial charge is 0.396 e. The van der Waals surface area contributed by atoms with Crippen LogP contribution in [0.3, 0.4) is 0 Å². The first kappa shape index (κ1) is 11.4. The van der Waals surface area contributed by atoms with Crippen LogP contribution in [0.5, 0.6) is 0 Å². The first-order valence-electron chi connectivity index (χ1n) is 4.69. The SMILES string of the molecule is O=[N+]([O-])c1ccc(NCCCCO)cn1. The molecular weight excluding hydrogens is 198 g/mol. The molecule has 1 heterocycles. The molecule has 6 heteroatoms. The molecule has 0 radical (unpaired) electrons. The lowest BCUT2D eigenvalue weighted by molar-refractivity contribution is -0.389. The number of pyridine rings is 1. The van der Waals surface area contributed by atoms with E-state index in [0.717, 1.165) is 25.1 Å². The van der Waals surface area contributed by atoms with Crippen molar-refractivity contribution in [3.63, 3.8) is 0 Å². The third-order valence-electron chi connectivity index (χ3n) is 1.85. The summed E-state index contributed by atoms with van der Waals surface area (Å²) < 4.78 is 0. The number of aliphatic hydroxyl groups excluding tert-OH is 1. The minimum atomic E-state index is -0.532. The molecule has 15 heavy (non-hydrogen) atoms. The summed E-state index contributed by atoms with van der Waals surface area (Å²) in [7, 11) is 0. The number of aromatic nitrogens is 1. The zero-order valence-corrected chi connectivity index (χ0v) is 8.22. The monoisotopic (exact) mass is 211 g/mol. The number of rotatable bonds is 6. The van der Waals surface area contributed by atoms with E-state index in [1.54, 1.807) is 6.07 Å². The van der Waals surface area contributed by atoms with E-state index in [0.29, 0.717) is 0 Å². The highest BCUT2D eigenvalue weighted by molar-refractivity contribution is 5.43. The molecular formula is C9H13N3O3. The summed E-state index contributed by atoms with van der Waals surface area (Å²) in [4.78, 5) is 13.4. The van der Waals surface area contributed by atoms with Crippen LogP contribution in [0.15, 0.2) is 18.3 Å². The molecule has 0 aliphatic carbocycles. The van der Waals surface area contributed by atoms with Gasteiger partial charge in [0.05, 0.1) is 5.69 Å². The van der Waals surface area contributed by atoms with Crippen LogP contribution in [0.2, 0.25) is 0 Å². The highest BCUT2D eigenvalue weighted by atomic mass is 16.6. The van der Waals surface area contributed by atoms with Gasteiger partial charge in [-0.1, -0.05) is 0 Å². The molecule has 0 saturated heterocycles. The average molecular weight is 211 g/mol. The number of hydrogen-bond acceptors (Lipinski definition) is 5. The zero-order chi connectivity index (χ0) is 11.1. The highest BCUT2D eigenvalue weighted by Crippen LogP contribution is 2.11. The zero-order valence-electron chi connectivity index (χ0n) is 8.22. The van der Waals surface area contributed by atoms with Crippen LogP contribution in [0, 0.1) is 10.1 Å². The number of nitrogens with zero attached hydrogens (tertiary/aromatic N) is 2. The van der Waals surface area contributed by atoms with Crippen LogP contribution in [0.25, 0.3) is 0 Å². The quantitative estimate of drug-likeness (QED) is 0.419. The fourth-order valence-corrected chi connectivity index (χ4v) is 1.07. The lowest BCUT2D eigenvalue weighted by Gasteiger charge is -2.02. The van der Waals surface area contributed by atoms with E-state index in [1.807, 2.05) is 0 Å². The van der Waals surface area contributed by atoms with Crippen molar-refractivity contribution in [1.82, 2.24) is 4.98 Å². The van der Waals surface area contributed by atoms with E-state index >= 15 is 0 Å². The van der Waals surface area contributed by atoms with Crippen LogP contribution in [0.1, 0.15) is 12.8 Å². The summed E-state index contributed by atoms with van der Waals surface area (Å²) in [6.45, 7) is 0.903. The van der Waals surface area contributed by atoms with Gasteiger partial charge in [0.25, 0.3) is 0 Å². The molecule has 1 aromatic rings. The van der Waals surface area contributed by atoms with E-state index in [9.17, 15) is 10.1 Å². The second-order valence-corrected chi connectivity index (χ2v) is 3.02. The fourth-order valence-electron chi connectivity index (χ4n) is 1.07. The minimum absolute atomic E-state index is 0.157. The Labute approximate surface area is 87.1 Å². The first-order valence-corrected chi connectivity index (χ1v) is 4.69. The van der Waals surface area contributed by atoms with E-state index < -0.39 is 4.92 Å². The molecule has 0 spiro atoms. The molecule has 1 aromatic heterocycles. The summed E-state index contributed by atoms with van der Waals surface area (Å²) in [6.07, 6.45) is 3.03. The van der Waals surface area contributed by atoms with Gasteiger partial charge in [0, 0.05) is 19.2 Å². The summed E-state index contributed by atoms with van der Waals surface area (Å²) in [5.41, 5.74) is 0.749. The maximum absolute atomic E-state index is 10.3. The number of hydrogen-bond donors (Lipinski definition) is 2. The van der Waals surface area contributed by atoms with Gasteiger partial charge < -0.3 is 20.5 Å². The molecule has 0 fully saturated rings. The normalized spacial score (nSPS) is 9.93. The Bertz CT molecular complexity index is 313. The topological polar surface area (TPSA) is 88.3 Å². The second kappa shape index (κ2) is 5.92. The first-order chi connectivity index (χ1) is 7.24. The van der Waals surface area contributed by atoms with Crippen molar-refractivity contribution in [2.24, 2.45) is 0 Å². The summed E-state index contributed by atoms with van der Waals surface area (Å²) in [6, 6.07) is 2.97. The molecule has 0 aliphatic heterocycles. The Hall–Kier alpha value is -1.69. The lowest BCUT2D eigenvalue weighted by atomic mass is 10.3. The molecule has 0 aliphatic rings. The Morgan fingerprint density at radius 2 is 2.27 bits per heavy atom. The minimum Gasteiger partial charge on any atom is -0.396 e. The van der Waals surface area contributed by atoms with Crippen molar-refractivity contribution < 1.29 is 10.0 Å². The van der Waals surface area contributed by atoms with Gasteiger partial charge in [0.2, 0.25) is 0 Å². The van der Waals surface area contributed by atoms with Crippen LogP contribution in [-0.4, -0.2) is 28.2 Å². The second-order valence-electron chi connectivity index (χ2n) is 3.02. The number of aliphatic hydroxyl groups is 1. The van der Waals surface area contributed by atoms with Crippen LogP contribution in [-0.2, 0) is 0 Å². The summed E-state index contributed by atoms with van der Waals surface area (Å²) in [5.74, 6) is -0.157. The van der Waals surface area contributed by atoms with Crippen molar-refractivity contribution in [1.29, 1.82) is 0 Å². The van der Waals surface area contributed by atoms with Crippen LogP contribution >= 0.6 is 0 Å². The van der Waals surface area contributed by atoms with Gasteiger partial charge >= 0.3 is 5.82 Å². The van der Waals surface area contributed by atoms with Crippen molar-refractivity contribution in [3.05, 3.63) is 28.4 Å². The molecule has 0 amide bonds. The van der Waals surface area contributed by atoms with Gasteiger partial charge in [0.1, 0.15) is 0 Å². The highest BCUT2D eigenvalue weighted by Gasteiger charge is 2.05. The molecule has 0 saturated carbocycles. The molecule has 1 rings (SSSR count). The Morgan fingerprint density at radius 1 is 1.47 bits per heavy atom. The number of nitrogens with one attached hydrogen (secondary N) is 1. The van der Waals surface area contributed by atoms with Crippen molar-refractivity contribution in [2.45, 2.75) is 12.8 Å². The third kappa shape index (κ3) is 3.90. The van der Waals surface area contributed by atoms with Gasteiger partial charge in [-0.2, -0.15) is 0 Å². The lowest BCUT2D eigenvalue weighted by Crippen LogP contribution is -2.03.